The molecule has 2 aromatic rings. The van der Waals surface area contributed by atoms with Gasteiger partial charge in [0.1, 0.15) is 11.5 Å². The number of nitrogens with one attached hydrogen (secondary N) is 2. The first-order valence-electron chi connectivity index (χ1n) is 8.39. The number of anilines is 3. The summed E-state index contributed by atoms with van der Waals surface area (Å²) in [6.45, 7) is 7.34. The first-order valence-corrected chi connectivity index (χ1v) is 8.39. The van der Waals surface area contributed by atoms with Gasteiger partial charge in [-0.05, 0) is 38.1 Å². The highest BCUT2D eigenvalue weighted by molar-refractivity contribution is 6.02. The standard InChI is InChI=1S/C18H25N5O2/c1-4-23(5-2)15-8-6-14(7-9-15)22-18(24)16-12-21-17(13-20-16)19-10-11-25-3/h6-9,12-13H,4-5,10-11H2,1-3H3,(H,19,21)(H,22,24). The molecule has 1 heterocycles. The topological polar surface area (TPSA) is 79.4 Å². The molecule has 0 bridgehead atoms. The maximum Gasteiger partial charge on any atom is 0.275 e. The fourth-order valence-corrected chi connectivity index (χ4v) is 2.36. The zero-order chi connectivity index (χ0) is 18.1. The maximum absolute atomic E-state index is 12.3. The molecule has 1 aromatic heterocycles. The average Bonchev–Trinajstić information content (AvgIpc) is 2.65. The Kier molecular flexibility index (Phi) is 7.16. The van der Waals surface area contributed by atoms with E-state index in [0.717, 1.165) is 24.5 Å². The van der Waals surface area contributed by atoms with Crippen molar-refractivity contribution >= 4 is 23.1 Å². The molecule has 1 aromatic carbocycles. The van der Waals surface area contributed by atoms with E-state index >= 15 is 0 Å². The van der Waals surface area contributed by atoms with Crippen molar-refractivity contribution in [1.82, 2.24) is 9.97 Å². The van der Waals surface area contributed by atoms with Gasteiger partial charge in [0.15, 0.2) is 0 Å². The van der Waals surface area contributed by atoms with Crippen LogP contribution < -0.4 is 15.5 Å². The molecule has 0 unspecified atom stereocenters. The van der Waals surface area contributed by atoms with Crippen molar-refractivity contribution in [2.24, 2.45) is 0 Å². The Morgan fingerprint density at radius 2 is 1.84 bits per heavy atom. The van der Waals surface area contributed by atoms with Gasteiger partial charge in [-0.3, -0.25) is 4.79 Å². The fraction of sp³-hybridized carbons (Fsp3) is 0.389. The first-order chi connectivity index (χ1) is 12.2. The molecule has 0 spiro atoms. The number of aromatic nitrogens is 2. The summed E-state index contributed by atoms with van der Waals surface area (Å²) in [6.07, 6.45) is 2.99. The Bertz CT molecular complexity index is 654. The molecule has 134 valence electrons. The van der Waals surface area contributed by atoms with E-state index in [1.54, 1.807) is 7.11 Å². The monoisotopic (exact) mass is 343 g/mol. The van der Waals surface area contributed by atoms with Crippen molar-refractivity contribution in [3.63, 3.8) is 0 Å². The highest BCUT2D eigenvalue weighted by Crippen LogP contribution is 2.18. The molecule has 0 aliphatic rings. The molecule has 0 radical (unpaired) electrons. The number of methoxy groups -OCH3 is 1. The normalized spacial score (nSPS) is 10.4. The molecule has 7 heteroatoms. The number of benzene rings is 1. The van der Waals surface area contributed by atoms with Crippen molar-refractivity contribution in [2.45, 2.75) is 13.8 Å². The van der Waals surface area contributed by atoms with Crippen LogP contribution in [-0.2, 0) is 4.74 Å². The number of ether oxygens (including phenoxy) is 1. The Hall–Kier alpha value is -2.67. The molecule has 0 fully saturated rings. The number of rotatable bonds is 9. The molecular weight excluding hydrogens is 318 g/mol. The average molecular weight is 343 g/mol. The number of carbonyl (C=O) groups is 1. The van der Waals surface area contributed by atoms with Crippen LogP contribution in [0.4, 0.5) is 17.2 Å². The number of hydrogen-bond acceptors (Lipinski definition) is 6. The van der Waals surface area contributed by atoms with Crippen molar-refractivity contribution in [3.05, 3.63) is 42.4 Å². The van der Waals surface area contributed by atoms with Crippen molar-refractivity contribution in [3.8, 4) is 0 Å². The predicted octanol–water partition coefficient (Wildman–Crippen LogP) is 2.63. The van der Waals surface area contributed by atoms with E-state index in [-0.39, 0.29) is 11.6 Å². The summed E-state index contributed by atoms with van der Waals surface area (Å²) in [5.74, 6) is 0.323. The van der Waals surface area contributed by atoms with Crippen LogP contribution in [0.2, 0.25) is 0 Å². The third-order valence-electron chi connectivity index (χ3n) is 3.75. The van der Waals surface area contributed by atoms with Crippen LogP contribution in [0.15, 0.2) is 36.7 Å². The summed E-state index contributed by atoms with van der Waals surface area (Å²) in [4.78, 5) is 22.8. The van der Waals surface area contributed by atoms with Gasteiger partial charge < -0.3 is 20.3 Å². The lowest BCUT2D eigenvalue weighted by Gasteiger charge is -2.21. The molecule has 2 rings (SSSR count). The second-order valence-corrected chi connectivity index (χ2v) is 5.38. The van der Waals surface area contributed by atoms with E-state index in [9.17, 15) is 4.79 Å². The molecule has 0 saturated heterocycles. The van der Waals surface area contributed by atoms with Crippen LogP contribution in [0.25, 0.3) is 0 Å². The minimum absolute atomic E-state index is 0.269. The van der Waals surface area contributed by atoms with E-state index in [1.165, 1.54) is 12.4 Å². The lowest BCUT2D eigenvalue weighted by molar-refractivity contribution is 0.102. The smallest absolute Gasteiger partial charge is 0.275 e. The third-order valence-corrected chi connectivity index (χ3v) is 3.75. The second-order valence-electron chi connectivity index (χ2n) is 5.38. The van der Waals surface area contributed by atoms with Crippen molar-refractivity contribution in [2.75, 3.05) is 48.9 Å². The van der Waals surface area contributed by atoms with Gasteiger partial charge in [-0.25, -0.2) is 9.97 Å². The van der Waals surface area contributed by atoms with Crippen LogP contribution in [0, 0.1) is 0 Å². The molecule has 25 heavy (non-hydrogen) atoms. The largest absolute Gasteiger partial charge is 0.383 e. The summed E-state index contributed by atoms with van der Waals surface area (Å²) >= 11 is 0. The number of hydrogen-bond donors (Lipinski definition) is 2. The molecule has 1 amide bonds. The molecule has 0 aliphatic heterocycles. The summed E-state index contributed by atoms with van der Waals surface area (Å²) in [5.41, 5.74) is 2.13. The van der Waals surface area contributed by atoms with Gasteiger partial charge in [-0.1, -0.05) is 0 Å². The molecular formula is C18H25N5O2. The number of carbonyl (C=O) groups excluding carboxylic acids is 1. The lowest BCUT2D eigenvalue weighted by atomic mass is 10.2. The molecule has 0 aliphatic carbocycles. The molecule has 7 nitrogen and oxygen atoms in total. The summed E-state index contributed by atoms with van der Waals surface area (Å²) in [7, 11) is 1.63. The molecule has 2 N–H and O–H groups in total. The summed E-state index contributed by atoms with van der Waals surface area (Å²) in [6, 6.07) is 7.77. The van der Waals surface area contributed by atoms with Gasteiger partial charge in [0.05, 0.1) is 19.0 Å². The summed E-state index contributed by atoms with van der Waals surface area (Å²) in [5, 5.41) is 5.89. The third kappa shape index (κ3) is 5.42. The van der Waals surface area contributed by atoms with E-state index in [0.29, 0.717) is 19.0 Å². The molecule has 0 atom stereocenters. The number of nitrogens with zero attached hydrogens (tertiary/aromatic N) is 3. The van der Waals surface area contributed by atoms with E-state index in [1.807, 2.05) is 24.3 Å². The molecule has 0 saturated carbocycles. The Balaban J connectivity index is 1.95. The zero-order valence-corrected chi connectivity index (χ0v) is 15.0. The first kappa shape index (κ1) is 18.7. The van der Waals surface area contributed by atoms with E-state index in [2.05, 4.69) is 39.3 Å². The van der Waals surface area contributed by atoms with Crippen LogP contribution in [-0.4, -0.2) is 49.2 Å². The maximum atomic E-state index is 12.3. The second kappa shape index (κ2) is 9.58. The van der Waals surface area contributed by atoms with Crippen LogP contribution in [0.3, 0.4) is 0 Å². The quantitative estimate of drug-likeness (QED) is 0.682. The lowest BCUT2D eigenvalue weighted by Crippen LogP contribution is -2.21. The Morgan fingerprint density at radius 3 is 2.40 bits per heavy atom. The number of amides is 1. The minimum Gasteiger partial charge on any atom is -0.383 e. The van der Waals surface area contributed by atoms with Crippen molar-refractivity contribution in [1.29, 1.82) is 0 Å². The Morgan fingerprint density at radius 1 is 1.12 bits per heavy atom. The highest BCUT2D eigenvalue weighted by atomic mass is 16.5. The Labute approximate surface area is 148 Å². The van der Waals surface area contributed by atoms with Crippen molar-refractivity contribution < 1.29 is 9.53 Å². The van der Waals surface area contributed by atoms with Crippen LogP contribution >= 0.6 is 0 Å². The van der Waals surface area contributed by atoms with Gasteiger partial charge in [0.25, 0.3) is 5.91 Å². The van der Waals surface area contributed by atoms with E-state index in [4.69, 9.17) is 4.74 Å². The highest BCUT2D eigenvalue weighted by Gasteiger charge is 2.09. The SMILES string of the molecule is CCN(CC)c1ccc(NC(=O)c2cnc(NCCOC)cn2)cc1. The van der Waals surface area contributed by atoms with Gasteiger partial charge >= 0.3 is 0 Å². The summed E-state index contributed by atoms with van der Waals surface area (Å²) < 4.78 is 4.95. The fourth-order valence-electron chi connectivity index (χ4n) is 2.36. The van der Waals surface area contributed by atoms with Gasteiger partial charge in [0, 0.05) is 38.1 Å². The van der Waals surface area contributed by atoms with Gasteiger partial charge in [0.2, 0.25) is 0 Å². The minimum atomic E-state index is -0.286. The van der Waals surface area contributed by atoms with Gasteiger partial charge in [-0.2, -0.15) is 0 Å². The zero-order valence-electron chi connectivity index (χ0n) is 15.0. The van der Waals surface area contributed by atoms with E-state index < -0.39 is 0 Å². The van der Waals surface area contributed by atoms with Crippen LogP contribution in [0.1, 0.15) is 24.3 Å². The van der Waals surface area contributed by atoms with Crippen LogP contribution in [0.5, 0.6) is 0 Å². The predicted molar refractivity (Wildman–Crippen MR) is 100 cm³/mol. The van der Waals surface area contributed by atoms with Gasteiger partial charge in [-0.15, -0.1) is 0 Å².